The third kappa shape index (κ3) is 1.02. The molecule has 1 aromatic heterocycles. The van der Waals surface area contributed by atoms with Gasteiger partial charge in [-0.2, -0.15) is 0 Å². The summed E-state index contributed by atoms with van der Waals surface area (Å²) in [6, 6.07) is 7.50. The van der Waals surface area contributed by atoms with Crippen molar-refractivity contribution in [2.45, 2.75) is 4.90 Å². The second-order valence-corrected chi connectivity index (χ2v) is 3.06. The molecule has 0 saturated heterocycles. The van der Waals surface area contributed by atoms with Crippen LogP contribution >= 0.6 is 12.6 Å². The van der Waals surface area contributed by atoms with Crippen LogP contribution in [0.1, 0.15) is 0 Å². The summed E-state index contributed by atoms with van der Waals surface area (Å²) in [5.74, 6) is 0. The predicted octanol–water partition coefficient (Wildman–Crippen LogP) is 2.11. The third-order valence-electron chi connectivity index (χ3n) is 1.78. The highest BCUT2D eigenvalue weighted by Crippen LogP contribution is 2.24. The van der Waals surface area contributed by atoms with Crippen LogP contribution in [0, 0.1) is 0 Å². The summed E-state index contributed by atoms with van der Waals surface area (Å²) in [7, 11) is 0. The van der Waals surface area contributed by atoms with E-state index in [4.69, 9.17) is 5.73 Å². The summed E-state index contributed by atoms with van der Waals surface area (Å²) in [4.78, 5) is 5.05. The van der Waals surface area contributed by atoms with Gasteiger partial charge in [0.2, 0.25) is 0 Å². The number of hydrogen-bond donors (Lipinski definition) is 2. The first-order valence-corrected chi connectivity index (χ1v) is 4.06. The summed E-state index contributed by atoms with van der Waals surface area (Å²) in [6.45, 7) is 0. The average molecular weight is 176 g/mol. The highest BCUT2D eigenvalue weighted by Gasteiger charge is 2.00. The summed E-state index contributed by atoms with van der Waals surface area (Å²) < 4.78 is 0. The highest BCUT2D eigenvalue weighted by molar-refractivity contribution is 7.80. The van der Waals surface area contributed by atoms with E-state index in [2.05, 4.69) is 17.6 Å². The van der Waals surface area contributed by atoms with Crippen molar-refractivity contribution in [3.63, 3.8) is 0 Å². The van der Waals surface area contributed by atoms with E-state index in [1.807, 2.05) is 24.3 Å². The number of anilines is 1. The number of rotatable bonds is 0. The molecular weight excluding hydrogens is 168 g/mol. The Balaban J connectivity index is 2.95. The molecule has 12 heavy (non-hydrogen) atoms. The minimum Gasteiger partial charge on any atom is -0.398 e. The van der Waals surface area contributed by atoms with Crippen LogP contribution in [0.4, 0.5) is 5.69 Å². The molecule has 1 heterocycles. The SMILES string of the molecule is Nc1ccc(S)c2ncccc12. The molecule has 0 bridgehead atoms. The van der Waals surface area contributed by atoms with E-state index in [-0.39, 0.29) is 0 Å². The second-order valence-electron chi connectivity index (χ2n) is 2.57. The molecule has 2 aromatic rings. The van der Waals surface area contributed by atoms with Crippen molar-refractivity contribution in [3.8, 4) is 0 Å². The number of aromatic nitrogens is 1. The summed E-state index contributed by atoms with van der Waals surface area (Å²) >= 11 is 4.28. The van der Waals surface area contributed by atoms with Gasteiger partial charge in [-0.15, -0.1) is 12.6 Å². The van der Waals surface area contributed by atoms with Gasteiger partial charge in [0.05, 0.1) is 5.52 Å². The fourth-order valence-electron chi connectivity index (χ4n) is 1.18. The predicted molar refractivity (Wildman–Crippen MR) is 53.4 cm³/mol. The van der Waals surface area contributed by atoms with E-state index in [0.717, 1.165) is 21.5 Å². The Bertz CT molecular complexity index is 385. The largest absolute Gasteiger partial charge is 0.398 e. The van der Waals surface area contributed by atoms with Crippen molar-refractivity contribution in [3.05, 3.63) is 30.5 Å². The maximum Gasteiger partial charge on any atom is 0.0855 e. The van der Waals surface area contributed by atoms with Crippen LogP contribution in [-0.2, 0) is 0 Å². The number of nitrogens with two attached hydrogens (primary N) is 1. The first-order valence-electron chi connectivity index (χ1n) is 3.61. The molecule has 2 N–H and O–H groups in total. The molecule has 1 aromatic carbocycles. The summed E-state index contributed by atoms with van der Waals surface area (Å²) in [5.41, 5.74) is 7.36. The zero-order chi connectivity index (χ0) is 8.55. The van der Waals surface area contributed by atoms with Gasteiger partial charge < -0.3 is 5.73 Å². The highest BCUT2D eigenvalue weighted by atomic mass is 32.1. The monoisotopic (exact) mass is 176 g/mol. The molecule has 2 nitrogen and oxygen atoms in total. The van der Waals surface area contributed by atoms with Gasteiger partial charge in [0, 0.05) is 22.2 Å². The van der Waals surface area contributed by atoms with Crippen LogP contribution < -0.4 is 5.73 Å². The molecule has 2 rings (SSSR count). The fraction of sp³-hybridized carbons (Fsp3) is 0. The number of benzene rings is 1. The lowest BCUT2D eigenvalue weighted by Gasteiger charge is -2.01. The average Bonchev–Trinajstić information content (AvgIpc) is 2.12. The van der Waals surface area contributed by atoms with Crippen LogP contribution in [0.3, 0.4) is 0 Å². The number of nitrogens with zero attached hydrogens (tertiary/aromatic N) is 1. The second kappa shape index (κ2) is 2.68. The van der Waals surface area contributed by atoms with Crippen LogP contribution in [0.2, 0.25) is 0 Å². The fourth-order valence-corrected chi connectivity index (χ4v) is 1.43. The van der Waals surface area contributed by atoms with E-state index in [1.165, 1.54) is 0 Å². The molecule has 0 aliphatic carbocycles. The van der Waals surface area contributed by atoms with Crippen molar-refractivity contribution >= 4 is 29.2 Å². The smallest absolute Gasteiger partial charge is 0.0855 e. The van der Waals surface area contributed by atoms with Gasteiger partial charge in [0.25, 0.3) is 0 Å². The molecule has 60 valence electrons. The molecule has 0 radical (unpaired) electrons. The Labute approximate surface area is 75.8 Å². The van der Waals surface area contributed by atoms with Gasteiger partial charge in [-0.05, 0) is 24.3 Å². The standard InChI is InChI=1S/C9H8N2S/c10-7-3-4-8(12)9-6(7)2-1-5-11-9/h1-5,12H,10H2. The molecule has 3 heteroatoms. The number of nitrogen functional groups attached to an aromatic ring is 1. The number of thiol groups is 1. The minimum absolute atomic E-state index is 0.746. The lowest BCUT2D eigenvalue weighted by atomic mass is 10.2. The Morgan fingerprint density at radius 3 is 2.83 bits per heavy atom. The first kappa shape index (κ1) is 7.43. The Kier molecular flexibility index (Phi) is 1.66. The third-order valence-corrected chi connectivity index (χ3v) is 2.14. The van der Waals surface area contributed by atoms with Crippen molar-refractivity contribution in [2.75, 3.05) is 5.73 Å². The number of fused-ring (bicyclic) bond motifs is 1. The van der Waals surface area contributed by atoms with E-state index in [0.29, 0.717) is 0 Å². The molecule has 0 spiro atoms. The van der Waals surface area contributed by atoms with E-state index in [9.17, 15) is 0 Å². The Hall–Kier alpha value is -1.22. The molecule has 0 saturated carbocycles. The molecule has 0 amide bonds. The van der Waals surface area contributed by atoms with Gasteiger partial charge in [-0.3, -0.25) is 4.98 Å². The molecule has 0 atom stereocenters. The van der Waals surface area contributed by atoms with Gasteiger partial charge in [-0.25, -0.2) is 0 Å². The molecule has 0 unspecified atom stereocenters. The molecule has 0 aliphatic heterocycles. The lowest BCUT2D eigenvalue weighted by Crippen LogP contribution is -1.88. The van der Waals surface area contributed by atoms with Crippen LogP contribution in [0.5, 0.6) is 0 Å². The molecular formula is C9H8N2S. The van der Waals surface area contributed by atoms with Crippen LogP contribution in [0.25, 0.3) is 10.9 Å². The summed E-state index contributed by atoms with van der Waals surface area (Å²) in [6.07, 6.45) is 1.74. The zero-order valence-corrected chi connectivity index (χ0v) is 7.25. The van der Waals surface area contributed by atoms with Crippen molar-refractivity contribution < 1.29 is 0 Å². The van der Waals surface area contributed by atoms with Crippen molar-refractivity contribution in [1.82, 2.24) is 4.98 Å². The van der Waals surface area contributed by atoms with Gasteiger partial charge in [0.15, 0.2) is 0 Å². The Morgan fingerprint density at radius 1 is 1.25 bits per heavy atom. The van der Waals surface area contributed by atoms with Crippen LogP contribution in [-0.4, -0.2) is 4.98 Å². The normalized spacial score (nSPS) is 10.4. The van der Waals surface area contributed by atoms with Crippen molar-refractivity contribution in [1.29, 1.82) is 0 Å². The maximum atomic E-state index is 5.75. The quantitative estimate of drug-likeness (QED) is 0.476. The summed E-state index contributed by atoms with van der Waals surface area (Å²) in [5, 5.41) is 0.963. The molecule has 0 aliphatic rings. The Morgan fingerprint density at radius 2 is 2.08 bits per heavy atom. The maximum absolute atomic E-state index is 5.75. The molecule has 0 fully saturated rings. The van der Waals surface area contributed by atoms with E-state index < -0.39 is 0 Å². The topological polar surface area (TPSA) is 38.9 Å². The zero-order valence-electron chi connectivity index (χ0n) is 6.36. The van der Waals surface area contributed by atoms with Gasteiger partial charge in [-0.1, -0.05) is 0 Å². The van der Waals surface area contributed by atoms with Crippen molar-refractivity contribution in [2.24, 2.45) is 0 Å². The van der Waals surface area contributed by atoms with E-state index in [1.54, 1.807) is 6.20 Å². The van der Waals surface area contributed by atoms with E-state index >= 15 is 0 Å². The lowest BCUT2D eigenvalue weighted by molar-refractivity contribution is 1.36. The minimum atomic E-state index is 0.746. The number of hydrogen-bond acceptors (Lipinski definition) is 3. The van der Waals surface area contributed by atoms with Gasteiger partial charge >= 0.3 is 0 Å². The van der Waals surface area contributed by atoms with Crippen LogP contribution in [0.15, 0.2) is 35.4 Å². The van der Waals surface area contributed by atoms with Gasteiger partial charge in [0.1, 0.15) is 0 Å². The first-order chi connectivity index (χ1) is 5.79. The number of pyridine rings is 1.